The molecular formula is C10H7N3O3S. The van der Waals surface area contributed by atoms with Gasteiger partial charge in [-0.05, 0) is 6.92 Å². The Hall–Kier alpha value is -2.38. The number of carbonyl (C=O) groups is 1. The summed E-state index contributed by atoms with van der Waals surface area (Å²) < 4.78 is 1.31. The number of hydrogen-bond acceptors (Lipinski definition) is 5. The summed E-state index contributed by atoms with van der Waals surface area (Å²) in [4.78, 5) is 22.4. The van der Waals surface area contributed by atoms with Gasteiger partial charge in [-0.15, -0.1) is 11.3 Å². The minimum atomic E-state index is -1.20. The van der Waals surface area contributed by atoms with E-state index >= 15 is 0 Å². The maximum atomic E-state index is 11.7. The van der Waals surface area contributed by atoms with E-state index in [1.807, 2.05) is 0 Å². The molecule has 0 spiro atoms. The highest BCUT2D eigenvalue weighted by molar-refractivity contribution is 7.07. The van der Waals surface area contributed by atoms with Crippen LogP contribution in [0.4, 0.5) is 0 Å². The van der Waals surface area contributed by atoms with E-state index in [2.05, 4.69) is 0 Å². The summed E-state index contributed by atoms with van der Waals surface area (Å²) in [5.74, 6) is -1.20. The zero-order valence-corrected chi connectivity index (χ0v) is 9.61. The molecule has 0 saturated heterocycles. The fourth-order valence-corrected chi connectivity index (χ4v) is 2.17. The number of nitrogens with zero attached hydrogens (tertiary/aromatic N) is 3. The predicted molar refractivity (Wildman–Crippen MR) is 60.2 cm³/mol. The molecule has 7 heteroatoms. The summed E-state index contributed by atoms with van der Waals surface area (Å²) in [7, 11) is 0. The highest BCUT2D eigenvalue weighted by Gasteiger charge is 2.11. The van der Waals surface area contributed by atoms with Crippen molar-refractivity contribution in [3.63, 3.8) is 0 Å². The molecule has 0 fully saturated rings. The standard InChI is InChI=1S/C10H7N3O3S/c1-2-7-9(16)13(5-8(14)15)10(17-7)6(3-11)4-12/h2H,5H2,1H3,(H,14,15)/b7-2+. The van der Waals surface area contributed by atoms with Gasteiger partial charge < -0.3 is 5.11 Å². The molecule has 0 amide bonds. The molecule has 1 aromatic rings. The van der Waals surface area contributed by atoms with E-state index < -0.39 is 18.1 Å². The van der Waals surface area contributed by atoms with Crippen LogP contribution in [0.3, 0.4) is 0 Å². The number of carboxylic acid groups (broad SMARTS) is 1. The van der Waals surface area contributed by atoms with E-state index in [1.54, 1.807) is 19.1 Å². The lowest BCUT2D eigenvalue weighted by molar-refractivity contribution is -0.137. The second-order valence-corrected chi connectivity index (χ2v) is 3.97. The lowest BCUT2D eigenvalue weighted by atomic mass is 10.4. The molecule has 17 heavy (non-hydrogen) atoms. The second kappa shape index (κ2) is 5.10. The first-order valence-electron chi connectivity index (χ1n) is 4.47. The van der Waals surface area contributed by atoms with Crippen molar-refractivity contribution in [1.82, 2.24) is 4.57 Å². The molecule has 86 valence electrons. The van der Waals surface area contributed by atoms with Crippen LogP contribution in [0.2, 0.25) is 0 Å². The van der Waals surface area contributed by atoms with Crippen LogP contribution in [0.1, 0.15) is 6.92 Å². The van der Waals surface area contributed by atoms with Gasteiger partial charge in [0.05, 0.1) is 4.53 Å². The number of aromatic nitrogens is 1. The van der Waals surface area contributed by atoms with Crippen molar-refractivity contribution < 1.29 is 9.90 Å². The lowest BCUT2D eigenvalue weighted by Gasteiger charge is -1.95. The molecule has 0 aliphatic rings. The van der Waals surface area contributed by atoms with E-state index in [4.69, 9.17) is 15.6 Å². The first kappa shape index (κ1) is 12.7. The Bertz CT molecular complexity index is 696. The molecule has 0 aromatic carbocycles. The van der Waals surface area contributed by atoms with Crippen LogP contribution in [-0.4, -0.2) is 15.6 Å². The largest absolute Gasteiger partial charge is 0.480 e. The van der Waals surface area contributed by atoms with Gasteiger partial charge in [0.2, 0.25) is 0 Å². The predicted octanol–water partition coefficient (Wildman–Crippen LogP) is -1.01. The SMILES string of the molecule is C/C=c1/sc(=C(C#N)C#N)n(CC(=O)O)c1=O. The number of aliphatic carboxylic acids is 1. The van der Waals surface area contributed by atoms with E-state index in [1.165, 1.54) is 6.08 Å². The van der Waals surface area contributed by atoms with Crippen molar-refractivity contribution >= 4 is 29.0 Å². The second-order valence-electron chi connectivity index (χ2n) is 2.94. The van der Waals surface area contributed by atoms with Crippen LogP contribution in [0.5, 0.6) is 0 Å². The first-order chi connectivity index (χ1) is 8.04. The Balaban J connectivity index is 3.83. The molecule has 0 aliphatic heterocycles. The Morgan fingerprint density at radius 1 is 1.53 bits per heavy atom. The molecule has 0 bridgehead atoms. The van der Waals surface area contributed by atoms with Crippen LogP contribution in [0.25, 0.3) is 11.6 Å². The fourth-order valence-electron chi connectivity index (χ4n) is 1.20. The number of hydrogen-bond donors (Lipinski definition) is 1. The zero-order valence-electron chi connectivity index (χ0n) is 8.80. The lowest BCUT2D eigenvalue weighted by Crippen LogP contribution is -2.34. The summed E-state index contributed by atoms with van der Waals surface area (Å²) in [5.41, 5.74) is -0.764. The smallest absolute Gasteiger partial charge is 0.323 e. The Morgan fingerprint density at radius 2 is 2.12 bits per heavy atom. The van der Waals surface area contributed by atoms with Gasteiger partial charge in [0.1, 0.15) is 23.3 Å². The summed E-state index contributed by atoms with van der Waals surface area (Å²) in [5, 5.41) is 26.2. The Labute approximate surface area is 99.6 Å². The third-order valence-electron chi connectivity index (χ3n) is 1.90. The van der Waals surface area contributed by atoms with Gasteiger partial charge in [-0.25, -0.2) is 0 Å². The van der Waals surface area contributed by atoms with Crippen molar-refractivity contribution in [2.24, 2.45) is 0 Å². The zero-order chi connectivity index (χ0) is 13.0. The topological polar surface area (TPSA) is 107 Å². The highest BCUT2D eigenvalue weighted by Crippen LogP contribution is 1.88. The fraction of sp³-hybridized carbons (Fsp3) is 0.200. The van der Waals surface area contributed by atoms with Crippen LogP contribution in [-0.2, 0) is 11.3 Å². The maximum absolute atomic E-state index is 11.7. The van der Waals surface area contributed by atoms with Gasteiger partial charge in [0.25, 0.3) is 5.56 Å². The van der Waals surface area contributed by atoms with Gasteiger partial charge in [0.15, 0.2) is 5.57 Å². The van der Waals surface area contributed by atoms with Gasteiger partial charge in [-0.3, -0.25) is 14.2 Å². The Kier molecular flexibility index (Phi) is 3.81. The molecule has 0 unspecified atom stereocenters. The molecule has 0 aliphatic carbocycles. The van der Waals surface area contributed by atoms with Gasteiger partial charge >= 0.3 is 5.97 Å². The van der Waals surface area contributed by atoms with Gasteiger partial charge in [-0.2, -0.15) is 10.5 Å². The van der Waals surface area contributed by atoms with Crippen molar-refractivity contribution in [3.05, 3.63) is 19.5 Å². The molecule has 1 rings (SSSR count). The van der Waals surface area contributed by atoms with Crippen molar-refractivity contribution in [1.29, 1.82) is 10.5 Å². The first-order valence-corrected chi connectivity index (χ1v) is 5.29. The average molecular weight is 249 g/mol. The van der Waals surface area contributed by atoms with E-state index in [0.717, 1.165) is 15.9 Å². The summed E-state index contributed by atoms with van der Waals surface area (Å²) in [6.07, 6.45) is 1.52. The molecule has 0 atom stereocenters. The molecule has 0 saturated carbocycles. The minimum Gasteiger partial charge on any atom is -0.480 e. The summed E-state index contributed by atoms with van der Waals surface area (Å²) in [6.45, 7) is 1.06. The van der Waals surface area contributed by atoms with Crippen molar-refractivity contribution in [3.8, 4) is 12.1 Å². The van der Waals surface area contributed by atoms with Crippen LogP contribution < -0.4 is 14.8 Å². The third-order valence-corrected chi connectivity index (χ3v) is 3.15. The molecule has 1 N–H and O–H groups in total. The van der Waals surface area contributed by atoms with Crippen molar-refractivity contribution in [2.75, 3.05) is 0 Å². The van der Waals surface area contributed by atoms with E-state index in [-0.39, 0.29) is 10.2 Å². The molecular weight excluding hydrogens is 242 g/mol. The number of thiazole rings is 1. The number of rotatable bonds is 2. The van der Waals surface area contributed by atoms with Gasteiger partial charge in [0, 0.05) is 0 Å². The van der Waals surface area contributed by atoms with Crippen molar-refractivity contribution in [2.45, 2.75) is 13.5 Å². The summed E-state index contributed by atoms with van der Waals surface area (Å²) in [6, 6.07) is 3.29. The molecule has 6 nitrogen and oxygen atoms in total. The van der Waals surface area contributed by atoms with Crippen LogP contribution in [0, 0.1) is 22.7 Å². The van der Waals surface area contributed by atoms with Gasteiger partial charge in [-0.1, -0.05) is 6.08 Å². The monoisotopic (exact) mass is 249 g/mol. The van der Waals surface area contributed by atoms with Crippen LogP contribution >= 0.6 is 11.3 Å². The maximum Gasteiger partial charge on any atom is 0.323 e. The highest BCUT2D eigenvalue weighted by atomic mass is 32.1. The minimum absolute atomic E-state index is 0.0792. The summed E-state index contributed by atoms with van der Waals surface area (Å²) >= 11 is 0.935. The van der Waals surface area contributed by atoms with E-state index in [0.29, 0.717) is 4.53 Å². The van der Waals surface area contributed by atoms with Crippen LogP contribution in [0.15, 0.2) is 4.79 Å². The number of nitriles is 2. The quantitative estimate of drug-likeness (QED) is 0.722. The molecule has 0 radical (unpaired) electrons. The third kappa shape index (κ3) is 2.41. The average Bonchev–Trinajstić information content (AvgIpc) is 2.59. The number of carboxylic acids is 1. The molecule has 1 heterocycles. The Morgan fingerprint density at radius 3 is 2.53 bits per heavy atom. The molecule has 1 aromatic heterocycles. The normalized spacial score (nSPS) is 10.6. The van der Waals surface area contributed by atoms with E-state index in [9.17, 15) is 9.59 Å².